The molecular weight excluding hydrogens is 316 g/mol. The summed E-state index contributed by atoms with van der Waals surface area (Å²) in [6.07, 6.45) is 2.47. The number of thiazole rings is 1. The molecule has 3 rings (SSSR count). The van der Waals surface area contributed by atoms with Crippen molar-refractivity contribution in [1.82, 2.24) is 20.1 Å². The Morgan fingerprint density at radius 2 is 2.30 bits per heavy atom. The zero-order valence-corrected chi connectivity index (χ0v) is 14.3. The minimum atomic E-state index is -0.344. The Bertz CT molecular complexity index is 682. The number of hydrogen-bond donors (Lipinski definition) is 0. The Morgan fingerprint density at radius 3 is 2.96 bits per heavy atom. The highest BCUT2D eigenvalue weighted by Gasteiger charge is 2.34. The largest absolute Gasteiger partial charge is 0.423 e. The Hall–Kier alpha value is -1.80. The highest BCUT2D eigenvalue weighted by Crippen LogP contribution is 2.28. The van der Waals surface area contributed by atoms with Crippen LogP contribution in [-0.4, -0.2) is 45.7 Å². The topological polar surface area (TPSA) is 81.4 Å². The second-order valence-corrected chi connectivity index (χ2v) is 6.81. The van der Waals surface area contributed by atoms with Crippen molar-refractivity contribution in [2.24, 2.45) is 0 Å². The standard InChI is InChI=1S/C15H20N4O3S/c1-4-12-16-7-11(23-12)15(20)19-5-6-21-8-10(19)14-18-17-13(22-14)9(2)3/h7,9-10H,4-6,8H2,1-3H3/t10-/m1/s1. The highest BCUT2D eigenvalue weighted by molar-refractivity contribution is 7.13. The van der Waals surface area contributed by atoms with Gasteiger partial charge in [0.05, 0.1) is 24.4 Å². The zero-order chi connectivity index (χ0) is 16.4. The fraction of sp³-hybridized carbons (Fsp3) is 0.600. The molecule has 0 saturated carbocycles. The van der Waals surface area contributed by atoms with Crippen molar-refractivity contribution in [3.8, 4) is 0 Å². The van der Waals surface area contributed by atoms with E-state index in [0.717, 1.165) is 11.4 Å². The average molecular weight is 336 g/mol. The Morgan fingerprint density at radius 1 is 1.48 bits per heavy atom. The first-order valence-corrected chi connectivity index (χ1v) is 8.58. The van der Waals surface area contributed by atoms with Crippen LogP contribution >= 0.6 is 11.3 Å². The van der Waals surface area contributed by atoms with E-state index < -0.39 is 0 Å². The first-order valence-electron chi connectivity index (χ1n) is 7.76. The lowest BCUT2D eigenvalue weighted by molar-refractivity contribution is -0.0105. The van der Waals surface area contributed by atoms with Crippen LogP contribution in [0.3, 0.4) is 0 Å². The number of carbonyl (C=O) groups is 1. The molecule has 1 aliphatic rings. The summed E-state index contributed by atoms with van der Waals surface area (Å²) in [5.74, 6) is 1.10. The van der Waals surface area contributed by atoms with E-state index >= 15 is 0 Å². The molecule has 1 aliphatic heterocycles. The van der Waals surface area contributed by atoms with Gasteiger partial charge in [-0.25, -0.2) is 4.98 Å². The van der Waals surface area contributed by atoms with Gasteiger partial charge in [0.25, 0.3) is 5.91 Å². The lowest BCUT2D eigenvalue weighted by Crippen LogP contribution is -2.43. The number of ether oxygens (including phenoxy) is 1. The number of aromatic nitrogens is 3. The van der Waals surface area contributed by atoms with Crippen LogP contribution in [0.2, 0.25) is 0 Å². The van der Waals surface area contributed by atoms with E-state index in [4.69, 9.17) is 9.15 Å². The number of rotatable bonds is 4. The van der Waals surface area contributed by atoms with Gasteiger partial charge in [0.1, 0.15) is 10.9 Å². The highest BCUT2D eigenvalue weighted by atomic mass is 32.1. The molecule has 0 bridgehead atoms. The smallest absolute Gasteiger partial charge is 0.266 e. The quantitative estimate of drug-likeness (QED) is 0.853. The van der Waals surface area contributed by atoms with E-state index in [1.807, 2.05) is 20.8 Å². The van der Waals surface area contributed by atoms with Gasteiger partial charge in [0, 0.05) is 12.5 Å². The van der Waals surface area contributed by atoms with E-state index in [1.54, 1.807) is 11.1 Å². The molecule has 1 fully saturated rings. The minimum Gasteiger partial charge on any atom is -0.423 e. The minimum absolute atomic E-state index is 0.0557. The number of aryl methyl sites for hydroxylation is 1. The van der Waals surface area contributed by atoms with Crippen LogP contribution in [0.1, 0.15) is 59.2 Å². The predicted molar refractivity (Wildman–Crippen MR) is 84.5 cm³/mol. The molecule has 1 atom stereocenters. The lowest BCUT2D eigenvalue weighted by atomic mass is 10.2. The molecule has 7 nitrogen and oxygen atoms in total. The second kappa shape index (κ2) is 6.76. The van der Waals surface area contributed by atoms with Crippen LogP contribution < -0.4 is 0 Å². The molecule has 0 radical (unpaired) electrons. The third kappa shape index (κ3) is 3.28. The second-order valence-electron chi connectivity index (χ2n) is 5.69. The number of amides is 1. The van der Waals surface area contributed by atoms with Crippen molar-refractivity contribution in [3.63, 3.8) is 0 Å². The van der Waals surface area contributed by atoms with Crippen molar-refractivity contribution >= 4 is 17.2 Å². The van der Waals surface area contributed by atoms with Gasteiger partial charge < -0.3 is 14.1 Å². The Kier molecular flexibility index (Phi) is 4.72. The lowest BCUT2D eigenvalue weighted by Gasteiger charge is -2.33. The average Bonchev–Trinajstić information content (AvgIpc) is 3.23. The fourth-order valence-corrected chi connectivity index (χ4v) is 3.19. The summed E-state index contributed by atoms with van der Waals surface area (Å²) < 4.78 is 11.2. The van der Waals surface area contributed by atoms with Crippen LogP contribution in [0, 0.1) is 0 Å². The third-order valence-corrected chi connectivity index (χ3v) is 4.82. The first-order chi connectivity index (χ1) is 11.1. The van der Waals surface area contributed by atoms with E-state index in [0.29, 0.717) is 36.4 Å². The number of nitrogens with zero attached hydrogens (tertiary/aromatic N) is 4. The van der Waals surface area contributed by atoms with Crippen molar-refractivity contribution in [1.29, 1.82) is 0 Å². The Balaban J connectivity index is 1.84. The van der Waals surface area contributed by atoms with Gasteiger partial charge in [-0.1, -0.05) is 20.8 Å². The molecule has 2 aromatic heterocycles. The van der Waals surface area contributed by atoms with Gasteiger partial charge in [-0.3, -0.25) is 4.79 Å². The summed E-state index contributed by atoms with van der Waals surface area (Å²) in [5.41, 5.74) is 0. The van der Waals surface area contributed by atoms with Gasteiger partial charge in [-0.05, 0) is 6.42 Å². The summed E-state index contributed by atoms with van der Waals surface area (Å²) >= 11 is 1.43. The van der Waals surface area contributed by atoms with Crippen LogP contribution in [-0.2, 0) is 11.2 Å². The van der Waals surface area contributed by atoms with Gasteiger partial charge in [0.15, 0.2) is 0 Å². The van der Waals surface area contributed by atoms with E-state index in [2.05, 4.69) is 15.2 Å². The molecule has 0 N–H and O–H groups in total. The maximum Gasteiger partial charge on any atom is 0.266 e. The van der Waals surface area contributed by atoms with E-state index in [9.17, 15) is 4.79 Å². The molecule has 23 heavy (non-hydrogen) atoms. The molecule has 124 valence electrons. The molecule has 0 aromatic carbocycles. The summed E-state index contributed by atoms with van der Waals surface area (Å²) in [5, 5.41) is 9.12. The van der Waals surface area contributed by atoms with Crippen LogP contribution in [0.15, 0.2) is 10.6 Å². The van der Waals surface area contributed by atoms with Crippen LogP contribution in [0.25, 0.3) is 0 Å². The van der Waals surface area contributed by atoms with E-state index in [-0.39, 0.29) is 17.9 Å². The molecule has 0 unspecified atom stereocenters. The molecule has 0 spiro atoms. The fourth-order valence-electron chi connectivity index (χ4n) is 2.38. The van der Waals surface area contributed by atoms with Crippen molar-refractivity contribution in [2.75, 3.05) is 19.8 Å². The van der Waals surface area contributed by atoms with Crippen LogP contribution in [0.4, 0.5) is 0 Å². The van der Waals surface area contributed by atoms with Gasteiger partial charge >= 0.3 is 0 Å². The summed E-state index contributed by atoms with van der Waals surface area (Å²) in [6.45, 7) is 7.37. The van der Waals surface area contributed by atoms with Gasteiger partial charge in [0.2, 0.25) is 11.8 Å². The maximum atomic E-state index is 12.8. The van der Waals surface area contributed by atoms with Crippen molar-refractivity contribution < 1.29 is 13.9 Å². The predicted octanol–water partition coefficient (Wildman–Crippen LogP) is 2.43. The molecule has 0 aliphatic carbocycles. The van der Waals surface area contributed by atoms with Gasteiger partial charge in [-0.15, -0.1) is 21.5 Å². The number of morpholine rings is 1. The zero-order valence-electron chi connectivity index (χ0n) is 13.5. The number of hydrogen-bond acceptors (Lipinski definition) is 7. The van der Waals surface area contributed by atoms with Crippen molar-refractivity contribution in [2.45, 2.75) is 39.2 Å². The third-order valence-electron chi connectivity index (χ3n) is 3.69. The maximum absolute atomic E-state index is 12.8. The summed E-state index contributed by atoms with van der Waals surface area (Å²) in [6, 6.07) is -0.344. The molecule has 2 aromatic rings. The van der Waals surface area contributed by atoms with E-state index in [1.165, 1.54) is 11.3 Å². The molecule has 1 amide bonds. The summed E-state index contributed by atoms with van der Waals surface area (Å²) in [7, 11) is 0. The Labute approximate surface area is 138 Å². The SMILES string of the molecule is CCc1ncc(C(=O)N2CCOC[C@@H]2c2nnc(C(C)C)o2)s1. The van der Waals surface area contributed by atoms with Crippen LogP contribution in [0.5, 0.6) is 0 Å². The molecule has 8 heteroatoms. The number of carbonyl (C=O) groups excluding carboxylic acids is 1. The monoisotopic (exact) mass is 336 g/mol. The van der Waals surface area contributed by atoms with Gasteiger partial charge in [-0.2, -0.15) is 0 Å². The molecule has 1 saturated heterocycles. The molecule has 3 heterocycles. The normalized spacial score (nSPS) is 18.6. The molecular formula is C15H20N4O3S. The van der Waals surface area contributed by atoms with Crippen molar-refractivity contribution in [3.05, 3.63) is 27.9 Å². The first kappa shape index (κ1) is 16.1. The summed E-state index contributed by atoms with van der Waals surface area (Å²) in [4.78, 5) is 19.4.